The van der Waals surface area contributed by atoms with Crippen molar-refractivity contribution >= 4 is 11.6 Å². The van der Waals surface area contributed by atoms with Crippen molar-refractivity contribution in [3.8, 4) is 11.4 Å². The van der Waals surface area contributed by atoms with Crippen molar-refractivity contribution in [2.45, 2.75) is 52.0 Å². The summed E-state index contributed by atoms with van der Waals surface area (Å²) in [5.41, 5.74) is 3.01. The first kappa shape index (κ1) is 16.7. The van der Waals surface area contributed by atoms with Crippen LogP contribution in [0.3, 0.4) is 0 Å². The van der Waals surface area contributed by atoms with E-state index in [2.05, 4.69) is 50.4 Å². The maximum absolute atomic E-state index is 12.9. The number of hydrogen-bond acceptors (Lipinski definition) is 3. The number of aromatic nitrogens is 3. The summed E-state index contributed by atoms with van der Waals surface area (Å²) in [6.45, 7) is 3.02. The number of fused-ring (bicyclic) bond motifs is 3. The van der Waals surface area contributed by atoms with E-state index in [1.165, 1.54) is 19.3 Å². The Kier molecular flexibility index (Phi) is 4.10. The number of aryl methyl sites for hydroxylation is 2. The Bertz CT molecular complexity index is 913. The zero-order valence-corrected chi connectivity index (χ0v) is 15.8. The molecule has 2 aromatic rings. The van der Waals surface area contributed by atoms with Crippen LogP contribution in [0.15, 0.2) is 30.4 Å². The second kappa shape index (κ2) is 6.63. The maximum Gasteiger partial charge on any atom is 0.228 e. The molecule has 1 N–H and O–H groups in total. The average Bonchev–Trinajstić information content (AvgIpc) is 3.36. The van der Waals surface area contributed by atoms with Crippen LogP contribution in [0, 0.1) is 24.7 Å². The number of hydrogen-bond donors (Lipinski definition) is 1. The Balaban J connectivity index is 1.41. The number of allylic oxidation sites excluding steroid dienone is 2. The predicted molar refractivity (Wildman–Crippen MR) is 105 cm³/mol. The summed E-state index contributed by atoms with van der Waals surface area (Å²) in [7, 11) is 0. The van der Waals surface area contributed by atoms with E-state index in [0.717, 1.165) is 54.3 Å². The molecule has 1 saturated carbocycles. The topological polar surface area (TPSA) is 59.8 Å². The summed E-state index contributed by atoms with van der Waals surface area (Å²) in [6, 6.07) is 6.23. The molecular weight excluding hydrogens is 336 g/mol. The molecule has 2 bridgehead atoms. The van der Waals surface area contributed by atoms with Crippen molar-refractivity contribution in [1.29, 1.82) is 0 Å². The number of amides is 1. The zero-order valence-electron chi connectivity index (χ0n) is 15.8. The van der Waals surface area contributed by atoms with E-state index >= 15 is 0 Å². The van der Waals surface area contributed by atoms with Gasteiger partial charge in [-0.05, 0) is 56.1 Å². The summed E-state index contributed by atoms with van der Waals surface area (Å²) < 4.78 is 2.25. The Morgan fingerprint density at radius 3 is 2.89 bits per heavy atom. The predicted octanol–water partition coefficient (Wildman–Crippen LogP) is 4.13. The van der Waals surface area contributed by atoms with Crippen LogP contribution >= 0.6 is 0 Å². The van der Waals surface area contributed by atoms with Crippen molar-refractivity contribution in [3.05, 3.63) is 41.7 Å². The lowest BCUT2D eigenvalue weighted by Gasteiger charge is -2.19. The summed E-state index contributed by atoms with van der Waals surface area (Å²) in [4.78, 5) is 12.9. The van der Waals surface area contributed by atoms with Gasteiger partial charge in [0.2, 0.25) is 5.91 Å². The van der Waals surface area contributed by atoms with Crippen molar-refractivity contribution in [2.75, 3.05) is 5.32 Å². The molecule has 27 heavy (non-hydrogen) atoms. The van der Waals surface area contributed by atoms with Gasteiger partial charge in [-0.3, -0.25) is 4.79 Å². The second-order valence-corrected chi connectivity index (χ2v) is 8.31. The van der Waals surface area contributed by atoms with Crippen molar-refractivity contribution in [3.63, 3.8) is 0 Å². The number of carbonyl (C=O) groups excluding carboxylic acids is 1. The van der Waals surface area contributed by atoms with Crippen molar-refractivity contribution in [2.24, 2.45) is 17.8 Å². The molecule has 3 unspecified atom stereocenters. The molecule has 1 aromatic heterocycles. The van der Waals surface area contributed by atoms with E-state index in [-0.39, 0.29) is 11.8 Å². The number of anilines is 1. The van der Waals surface area contributed by atoms with Gasteiger partial charge in [-0.2, -0.15) is 0 Å². The highest BCUT2D eigenvalue weighted by Gasteiger charge is 2.39. The largest absolute Gasteiger partial charge is 0.326 e. The van der Waals surface area contributed by atoms with Crippen LogP contribution in [0.5, 0.6) is 0 Å². The molecule has 0 saturated heterocycles. The van der Waals surface area contributed by atoms with Crippen LogP contribution in [0.2, 0.25) is 0 Å². The van der Waals surface area contributed by atoms with Crippen LogP contribution in [0.4, 0.5) is 5.69 Å². The first-order valence-electron chi connectivity index (χ1n) is 10.2. The summed E-state index contributed by atoms with van der Waals surface area (Å²) in [6.07, 6.45) is 11.2. The fraction of sp³-hybridized carbons (Fsp3) is 0.500. The standard InChI is InChI=1S/C22H26N4O/c1-14-6-8-17(21-25-24-20-5-3-2-4-10-26(20)21)13-19(14)23-22(27)18-12-15-7-9-16(18)11-15/h6-9,13,15-16,18H,2-5,10-12H2,1H3,(H,23,27). The van der Waals surface area contributed by atoms with Crippen LogP contribution in [0.25, 0.3) is 11.4 Å². The third-order valence-electron chi connectivity index (χ3n) is 6.48. The number of benzene rings is 1. The molecule has 3 aliphatic rings. The van der Waals surface area contributed by atoms with Crippen LogP contribution in [-0.4, -0.2) is 20.7 Å². The number of carbonyl (C=O) groups is 1. The van der Waals surface area contributed by atoms with Gasteiger partial charge in [0.15, 0.2) is 5.82 Å². The van der Waals surface area contributed by atoms with Gasteiger partial charge in [0, 0.05) is 30.1 Å². The molecular formula is C22H26N4O. The van der Waals surface area contributed by atoms with E-state index < -0.39 is 0 Å². The van der Waals surface area contributed by atoms with Gasteiger partial charge >= 0.3 is 0 Å². The van der Waals surface area contributed by atoms with Crippen LogP contribution in [0.1, 0.15) is 43.5 Å². The minimum atomic E-state index is 0.118. The first-order chi connectivity index (χ1) is 13.2. The van der Waals surface area contributed by atoms with E-state index in [1.807, 2.05) is 6.92 Å². The molecule has 1 fully saturated rings. The van der Waals surface area contributed by atoms with Gasteiger partial charge in [0.05, 0.1) is 0 Å². The van der Waals surface area contributed by atoms with Crippen LogP contribution in [-0.2, 0) is 17.8 Å². The highest BCUT2D eigenvalue weighted by molar-refractivity contribution is 5.94. The normalized spacial score (nSPS) is 26.0. The van der Waals surface area contributed by atoms with Gasteiger partial charge in [-0.25, -0.2) is 0 Å². The van der Waals surface area contributed by atoms with E-state index in [0.29, 0.717) is 11.8 Å². The molecule has 2 heterocycles. The third-order valence-corrected chi connectivity index (χ3v) is 6.48. The summed E-state index contributed by atoms with van der Waals surface area (Å²) >= 11 is 0. The minimum Gasteiger partial charge on any atom is -0.326 e. The Morgan fingerprint density at radius 2 is 2.07 bits per heavy atom. The molecule has 1 aromatic carbocycles. The minimum absolute atomic E-state index is 0.118. The number of nitrogens with zero attached hydrogens (tertiary/aromatic N) is 3. The van der Waals surface area contributed by atoms with Crippen molar-refractivity contribution in [1.82, 2.24) is 14.8 Å². The highest BCUT2D eigenvalue weighted by Crippen LogP contribution is 2.44. The monoisotopic (exact) mass is 362 g/mol. The highest BCUT2D eigenvalue weighted by atomic mass is 16.1. The zero-order chi connectivity index (χ0) is 18.4. The smallest absolute Gasteiger partial charge is 0.228 e. The SMILES string of the molecule is Cc1ccc(-c2nnc3n2CCCCC3)cc1NC(=O)C1CC2C=CC1C2. The van der Waals surface area contributed by atoms with Crippen LogP contribution < -0.4 is 5.32 Å². The lowest BCUT2D eigenvalue weighted by molar-refractivity contribution is -0.120. The molecule has 3 atom stereocenters. The lowest BCUT2D eigenvalue weighted by atomic mass is 9.92. The van der Waals surface area contributed by atoms with Gasteiger partial charge in [0.1, 0.15) is 5.82 Å². The van der Waals surface area contributed by atoms with Gasteiger partial charge < -0.3 is 9.88 Å². The first-order valence-corrected chi connectivity index (χ1v) is 10.2. The van der Waals surface area contributed by atoms with Gasteiger partial charge in [0.25, 0.3) is 0 Å². The molecule has 5 heteroatoms. The van der Waals surface area contributed by atoms with Gasteiger partial charge in [-0.1, -0.05) is 30.7 Å². The molecule has 5 nitrogen and oxygen atoms in total. The molecule has 1 amide bonds. The van der Waals surface area contributed by atoms with E-state index in [4.69, 9.17) is 0 Å². The molecule has 0 spiro atoms. The average molecular weight is 362 g/mol. The molecule has 0 radical (unpaired) electrons. The maximum atomic E-state index is 12.9. The quantitative estimate of drug-likeness (QED) is 0.835. The fourth-order valence-corrected chi connectivity index (χ4v) is 4.90. The Morgan fingerprint density at radius 1 is 1.15 bits per heavy atom. The Hall–Kier alpha value is -2.43. The summed E-state index contributed by atoms with van der Waals surface area (Å²) in [5.74, 6) is 3.31. The lowest BCUT2D eigenvalue weighted by Crippen LogP contribution is -2.26. The molecule has 140 valence electrons. The van der Waals surface area contributed by atoms with Crippen molar-refractivity contribution < 1.29 is 4.79 Å². The second-order valence-electron chi connectivity index (χ2n) is 8.31. The molecule has 1 aliphatic heterocycles. The van der Waals surface area contributed by atoms with E-state index in [1.54, 1.807) is 0 Å². The molecule has 5 rings (SSSR count). The Labute approximate surface area is 159 Å². The summed E-state index contributed by atoms with van der Waals surface area (Å²) in [5, 5.41) is 12.1. The number of rotatable bonds is 3. The number of nitrogens with one attached hydrogen (secondary N) is 1. The fourth-order valence-electron chi connectivity index (χ4n) is 4.90. The van der Waals surface area contributed by atoms with E-state index in [9.17, 15) is 4.79 Å². The third kappa shape index (κ3) is 2.99. The molecule has 2 aliphatic carbocycles. The van der Waals surface area contributed by atoms with Gasteiger partial charge in [-0.15, -0.1) is 10.2 Å².